The van der Waals surface area contributed by atoms with Gasteiger partial charge in [0.1, 0.15) is 0 Å². The van der Waals surface area contributed by atoms with Crippen LogP contribution in [0.5, 0.6) is 0 Å². The van der Waals surface area contributed by atoms with Gasteiger partial charge in [-0.05, 0) is 29.7 Å². The summed E-state index contributed by atoms with van der Waals surface area (Å²) in [6, 6.07) is 5.80. The van der Waals surface area contributed by atoms with E-state index in [4.69, 9.17) is 11.3 Å². The van der Waals surface area contributed by atoms with Crippen LogP contribution in [-0.4, -0.2) is 0 Å². The summed E-state index contributed by atoms with van der Waals surface area (Å²) >= 11 is 0. The largest absolute Gasteiger partial charge is 0.326 e. The lowest BCUT2D eigenvalue weighted by Crippen LogP contribution is -1.96. The molecule has 1 rings (SSSR count). The first-order valence-corrected chi connectivity index (χ1v) is 4.00. The van der Waals surface area contributed by atoms with E-state index in [0.717, 1.165) is 12.0 Å². The molecule has 0 bridgehead atoms. The van der Waals surface area contributed by atoms with E-state index >= 15 is 0 Å². The molecule has 3 N–H and O–H groups in total. The molecule has 3 nitrogen and oxygen atoms in total. The van der Waals surface area contributed by atoms with E-state index in [9.17, 15) is 0 Å². The minimum atomic E-state index is 0.510. The second-order valence-electron chi connectivity index (χ2n) is 2.68. The molecular formula is C9H13N3. The molecule has 0 aliphatic carbocycles. The molecular weight excluding hydrogens is 150 g/mol. The number of rotatable bonds is 3. The summed E-state index contributed by atoms with van der Waals surface area (Å²) in [7, 11) is 0. The first kappa shape index (κ1) is 8.87. The summed E-state index contributed by atoms with van der Waals surface area (Å²) in [5.74, 6) is 0. The normalized spacial score (nSPS) is 9.83. The molecule has 0 radical (unpaired) electrons. The van der Waals surface area contributed by atoms with Crippen LogP contribution in [0.2, 0.25) is 0 Å². The molecule has 0 aromatic heterocycles. The zero-order chi connectivity index (χ0) is 8.97. The predicted molar refractivity (Wildman–Crippen MR) is 48.5 cm³/mol. The van der Waals surface area contributed by atoms with E-state index in [-0.39, 0.29) is 0 Å². The van der Waals surface area contributed by atoms with Gasteiger partial charge in [0.05, 0.1) is 5.69 Å². The zero-order valence-corrected chi connectivity index (χ0v) is 7.17. The Morgan fingerprint density at radius 2 is 2.00 bits per heavy atom. The van der Waals surface area contributed by atoms with Crippen LogP contribution in [0.4, 0.5) is 5.69 Å². The molecule has 0 fully saturated rings. The van der Waals surface area contributed by atoms with Crippen LogP contribution in [0.25, 0.3) is 0 Å². The van der Waals surface area contributed by atoms with E-state index in [0.29, 0.717) is 12.2 Å². The molecule has 0 aliphatic heterocycles. The number of nitrogens with zero attached hydrogens (tertiary/aromatic N) is 1. The molecule has 0 spiro atoms. The zero-order valence-electron chi connectivity index (χ0n) is 7.17. The topological polar surface area (TPSA) is 62.2 Å². The van der Waals surface area contributed by atoms with E-state index < -0.39 is 0 Å². The average molecular weight is 163 g/mol. The molecule has 0 unspecified atom stereocenters. The van der Waals surface area contributed by atoms with Gasteiger partial charge in [0.15, 0.2) is 0 Å². The monoisotopic (exact) mass is 163 g/mol. The summed E-state index contributed by atoms with van der Waals surface area (Å²) in [4.78, 5) is 0. The molecule has 3 heteroatoms. The lowest BCUT2D eigenvalue weighted by Gasteiger charge is -2.02. The van der Waals surface area contributed by atoms with Gasteiger partial charge in [0.25, 0.3) is 0 Å². The van der Waals surface area contributed by atoms with Crippen LogP contribution in [-0.2, 0) is 13.0 Å². The highest BCUT2D eigenvalue weighted by Crippen LogP contribution is 2.17. The molecule has 0 aliphatic rings. The summed E-state index contributed by atoms with van der Waals surface area (Å²) < 4.78 is 0. The van der Waals surface area contributed by atoms with Crippen LogP contribution < -0.4 is 5.73 Å². The number of nitrogens with two attached hydrogens (primary N) is 1. The molecule has 0 saturated heterocycles. The first-order chi connectivity index (χ1) is 5.80. The van der Waals surface area contributed by atoms with E-state index in [1.807, 2.05) is 12.1 Å². The van der Waals surface area contributed by atoms with Crippen molar-refractivity contribution in [3.8, 4) is 0 Å². The number of nitrogens with one attached hydrogen (secondary N) is 1. The van der Waals surface area contributed by atoms with Gasteiger partial charge in [-0.25, -0.2) is 5.53 Å². The molecule has 12 heavy (non-hydrogen) atoms. The van der Waals surface area contributed by atoms with Crippen LogP contribution in [0, 0.1) is 5.53 Å². The maximum absolute atomic E-state index is 6.87. The van der Waals surface area contributed by atoms with Crippen molar-refractivity contribution in [3.05, 3.63) is 29.3 Å². The van der Waals surface area contributed by atoms with Crippen molar-refractivity contribution in [2.75, 3.05) is 0 Å². The third-order valence-electron chi connectivity index (χ3n) is 1.81. The maximum atomic E-state index is 6.87. The van der Waals surface area contributed by atoms with Crippen LogP contribution in [0.3, 0.4) is 0 Å². The molecule has 0 atom stereocenters. The Kier molecular flexibility index (Phi) is 2.94. The van der Waals surface area contributed by atoms with Gasteiger partial charge in [-0.3, -0.25) is 0 Å². The summed E-state index contributed by atoms with van der Waals surface area (Å²) in [5.41, 5.74) is 15.3. The van der Waals surface area contributed by atoms with Gasteiger partial charge >= 0.3 is 0 Å². The minimum Gasteiger partial charge on any atom is -0.326 e. The fourth-order valence-corrected chi connectivity index (χ4v) is 1.13. The SMILES string of the molecule is CCc1cc(CN)cc(N=N)c1. The maximum Gasteiger partial charge on any atom is 0.0855 e. The number of aryl methyl sites for hydroxylation is 1. The lowest BCUT2D eigenvalue weighted by molar-refractivity contribution is 1.03. The second kappa shape index (κ2) is 3.97. The highest BCUT2D eigenvalue weighted by atomic mass is 15.0. The smallest absolute Gasteiger partial charge is 0.0855 e. The standard InChI is InChI=1S/C9H13N3/c1-2-7-3-8(6-10)5-9(4-7)12-11/h3-5,11H,2,6,10H2,1H3. The Balaban J connectivity index is 3.09. The van der Waals surface area contributed by atoms with Crippen molar-refractivity contribution >= 4 is 5.69 Å². The predicted octanol–water partition coefficient (Wildman–Crippen LogP) is 2.37. The molecule has 0 amide bonds. The summed E-state index contributed by atoms with van der Waals surface area (Å²) in [5, 5.41) is 3.38. The highest BCUT2D eigenvalue weighted by Gasteiger charge is 1.97. The van der Waals surface area contributed by atoms with Crippen LogP contribution in [0.1, 0.15) is 18.1 Å². The van der Waals surface area contributed by atoms with E-state index in [1.54, 1.807) is 0 Å². The quantitative estimate of drug-likeness (QED) is 0.660. The Hall–Kier alpha value is -1.22. The van der Waals surface area contributed by atoms with Crippen LogP contribution in [0.15, 0.2) is 23.3 Å². The number of hydrogen-bond donors (Lipinski definition) is 2. The fraction of sp³-hybridized carbons (Fsp3) is 0.333. The lowest BCUT2D eigenvalue weighted by atomic mass is 10.1. The van der Waals surface area contributed by atoms with Crippen molar-refractivity contribution in [1.82, 2.24) is 0 Å². The van der Waals surface area contributed by atoms with Crippen molar-refractivity contribution in [3.63, 3.8) is 0 Å². The van der Waals surface area contributed by atoms with E-state index in [1.165, 1.54) is 5.56 Å². The van der Waals surface area contributed by atoms with Gasteiger partial charge in [0, 0.05) is 6.54 Å². The number of hydrogen-bond acceptors (Lipinski definition) is 3. The second-order valence-corrected chi connectivity index (χ2v) is 2.68. The van der Waals surface area contributed by atoms with Gasteiger partial charge in [-0.1, -0.05) is 13.0 Å². The first-order valence-electron chi connectivity index (χ1n) is 4.00. The van der Waals surface area contributed by atoms with Gasteiger partial charge in [-0.2, -0.15) is 5.11 Å². The van der Waals surface area contributed by atoms with Crippen molar-refractivity contribution in [2.45, 2.75) is 19.9 Å². The van der Waals surface area contributed by atoms with Crippen molar-refractivity contribution < 1.29 is 0 Å². The minimum absolute atomic E-state index is 0.510. The molecule has 1 aromatic carbocycles. The Morgan fingerprint density at radius 3 is 2.50 bits per heavy atom. The fourth-order valence-electron chi connectivity index (χ4n) is 1.13. The van der Waals surface area contributed by atoms with Gasteiger partial charge in [0.2, 0.25) is 0 Å². The number of benzene rings is 1. The van der Waals surface area contributed by atoms with Gasteiger partial charge in [-0.15, -0.1) is 0 Å². The van der Waals surface area contributed by atoms with Crippen LogP contribution >= 0.6 is 0 Å². The van der Waals surface area contributed by atoms with Crippen molar-refractivity contribution in [1.29, 1.82) is 5.53 Å². The summed E-state index contributed by atoms with van der Waals surface area (Å²) in [6.45, 7) is 2.58. The van der Waals surface area contributed by atoms with Gasteiger partial charge < -0.3 is 5.73 Å². The molecule has 1 aromatic rings. The molecule has 0 heterocycles. The molecule has 0 saturated carbocycles. The van der Waals surface area contributed by atoms with Crippen molar-refractivity contribution in [2.24, 2.45) is 10.8 Å². The Morgan fingerprint density at radius 1 is 1.33 bits per heavy atom. The Labute approximate surface area is 72.1 Å². The highest BCUT2D eigenvalue weighted by molar-refractivity contribution is 5.43. The third kappa shape index (κ3) is 1.89. The summed E-state index contributed by atoms with van der Waals surface area (Å²) in [6.07, 6.45) is 0.955. The van der Waals surface area contributed by atoms with E-state index in [2.05, 4.69) is 18.1 Å². The Bertz CT molecular complexity index is 259. The average Bonchev–Trinajstić information content (AvgIpc) is 2.16. The third-order valence-corrected chi connectivity index (χ3v) is 1.81. The molecule has 64 valence electrons.